The summed E-state index contributed by atoms with van der Waals surface area (Å²) in [5.74, 6) is 5.41. The van der Waals surface area contributed by atoms with Crippen LogP contribution < -0.4 is 11.0 Å². The van der Waals surface area contributed by atoms with Gasteiger partial charge in [-0.3, -0.25) is 4.84 Å². The second-order valence-electron chi connectivity index (χ2n) is 2.07. The number of nitrogens with two attached hydrogens (primary N) is 1. The Bertz CT molecular complexity index is 255. The largest absolute Gasteiger partial charge is 0.261 e. The van der Waals surface area contributed by atoms with E-state index in [2.05, 4.69) is 0 Å². The van der Waals surface area contributed by atoms with Gasteiger partial charge >= 0.3 is 0 Å². The lowest BCUT2D eigenvalue weighted by Gasteiger charge is -2.13. The lowest BCUT2D eigenvalue weighted by atomic mass is 10.3. The van der Waals surface area contributed by atoms with Gasteiger partial charge < -0.3 is 0 Å². The first kappa shape index (κ1) is 11.4. The van der Waals surface area contributed by atoms with Crippen molar-refractivity contribution >= 4 is 5.69 Å². The lowest BCUT2D eigenvalue weighted by Crippen LogP contribution is -2.28. The number of anilines is 1. The lowest BCUT2D eigenvalue weighted by molar-refractivity contribution is 0.168. The number of nitrogens with zero attached hydrogens (tertiary/aromatic N) is 2. The predicted molar refractivity (Wildman–Crippen MR) is 51.4 cm³/mol. The fraction of sp³-hybridized carbons (Fsp3) is 0.222. The van der Waals surface area contributed by atoms with Gasteiger partial charge in [0.1, 0.15) is 0 Å². The smallest absolute Gasteiger partial charge is 0.0820 e. The van der Waals surface area contributed by atoms with Gasteiger partial charge in [-0.2, -0.15) is 10.4 Å². The minimum absolute atomic E-state index is 0.838. The number of nitriles is 1. The van der Waals surface area contributed by atoms with Crippen LogP contribution in [0.2, 0.25) is 0 Å². The highest BCUT2D eigenvalue weighted by atomic mass is 16.7. The molecule has 0 saturated heterocycles. The van der Waals surface area contributed by atoms with E-state index in [9.17, 15) is 0 Å². The van der Waals surface area contributed by atoms with Crippen molar-refractivity contribution in [3.8, 4) is 6.07 Å². The second kappa shape index (κ2) is 7.10. The molecule has 0 heterocycles. The Hall–Kier alpha value is -1.57. The molecule has 0 aliphatic heterocycles. The molecule has 1 aromatic rings. The molecule has 0 bridgehead atoms. The first-order chi connectivity index (χ1) is 6.26. The molecule has 0 amide bonds. The van der Waals surface area contributed by atoms with Crippen LogP contribution in [-0.4, -0.2) is 7.11 Å². The average molecular weight is 179 g/mol. The SMILES string of the molecule is CC#N.CON(N)c1ccccc1. The molecule has 0 aliphatic rings. The molecule has 0 aromatic heterocycles. The molecule has 4 heteroatoms. The van der Waals surface area contributed by atoms with Crippen molar-refractivity contribution in [1.29, 1.82) is 5.26 Å². The molecule has 13 heavy (non-hydrogen) atoms. The van der Waals surface area contributed by atoms with Crippen LogP contribution in [0.25, 0.3) is 0 Å². The van der Waals surface area contributed by atoms with Gasteiger partial charge in [0.05, 0.1) is 18.9 Å². The topological polar surface area (TPSA) is 62.3 Å². The summed E-state index contributed by atoms with van der Waals surface area (Å²) < 4.78 is 0. The zero-order valence-electron chi connectivity index (χ0n) is 7.77. The van der Waals surface area contributed by atoms with Gasteiger partial charge in [0.25, 0.3) is 0 Å². The van der Waals surface area contributed by atoms with E-state index < -0.39 is 0 Å². The van der Waals surface area contributed by atoms with E-state index in [4.69, 9.17) is 15.9 Å². The van der Waals surface area contributed by atoms with Crippen molar-refractivity contribution in [3.63, 3.8) is 0 Å². The van der Waals surface area contributed by atoms with Gasteiger partial charge in [0.15, 0.2) is 0 Å². The van der Waals surface area contributed by atoms with E-state index in [1.807, 2.05) is 30.3 Å². The molecule has 0 unspecified atom stereocenters. The van der Waals surface area contributed by atoms with Crippen LogP contribution >= 0.6 is 0 Å². The number of benzene rings is 1. The van der Waals surface area contributed by atoms with E-state index in [0.29, 0.717) is 0 Å². The number of hydrogen-bond donors (Lipinski definition) is 1. The minimum Gasteiger partial charge on any atom is -0.261 e. The van der Waals surface area contributed by atoms with Gasteiger partial charge in [-0.1, -0.05) is 18.2 Å². The van der Waals surface area contributed by atoms with E-state index in [1.165, 1.54) is 19.2 Å². The molecule has 1 aromatic carbocycles. The Morgan fingerprint density at radius 2 is 1.85 bits per heavy atom. The van der Waals surface area contributed by atoms with E-state index in [1.54, 1.807) is 6.07 Å². The van der Waals surface area contributed by atoms with Crippen LogP contribution in [0.1, 0.15) is 6.92 Å². The molecule has 0 saturated carbocycles. The Labute approximate surface area is 78.1 Å². The number of hydrazine groups is 1. The molecule has 0 spiro atoms. The maximum Gasteiger partial charge on any atom is 0.0820 e. The van der Waals surface area contributed by atoms with Crippen molar-refractivity contribution in [3.05, 3.63) is 30.3 Å². The van der Waals surface area contributed by atoms with Crippen LogP contribution in [0.4, 0.5) is 5.69 Å². The highest BCUT2D eigenvalue weighted by Gasteiger charge is 1.94. The maximum atomic E-state index is 7.32. The van der Waals surface area contributed by atoms with Crippen molar-refractivity contribution in [1.82, 2.24) is 0 Å². The molecule has 2 N–H and O–H groups in total. The highest BCUT2D eigenvalue weighted by molar-refractivity contribution is 5.41. The van der Waals surface area contributed by atoms with Crippen LogP contribution in [-0.2, 0) is 4.84 Å². The quantitative estimate of drug-likeness (QED) is 0.551. The summed E-state index contributed by atoms with van der Waals surface area (Å²) in [6.45, 7) is 1.43. The van der Waals surface area contributed by atoms with Crippen molar-refractivity contribution < 1.29 is 4.84 Å². The average Bonchev–Trinajstić information content (AvgIpc) is 2.19. The third-order valence-corrected chi connectivity index (χ3v) is 1.21. The van der Waals surface area contributed by atoms with Crippen LogP contribution in [0.3, 0.4) is 0 Å². The normalized spacial score (nSPS) is 7.85. The molecule has 0 fully saturated rings. The summed E-state index contributed by atoms with van der Waals surface area (Å²) >= 11 is 0. The third kappa shape index (κ3) is 4.80. The maximum absolute atomic E-state index is 7.32. The minimum atomic E-state index is 0.838. The highest BCUT2D eigenvalue weighted by Crippen LogP contribution is 2.07. The molecule has 1 rings (SSSR count). The monoisotopic (exact) mass is 179 g/mol. The molecule has 0 atom stereocenters. The molecular weight excluding hydrogens is 166 g/mol. The third-order valence-electron chi connectivity index (χ3n) is 1.21. The second-order valence-corrected chi connectivity index (χ2v) is 2.07. The van der Waals surface area contributed by atoms with Crippen molar-refractivity contribution in [2.45, 2.75) is 6.92 Å². The van der Waals surface area contributed by atoms with Crippen LogP contribution in [0, 0.1) is 11.3 Å². The number of rotatable bonds is 2. The van der Waals surface area contributed by atoms with Gasteiger partial charge in [-0.25, -0.2) is 5.84 Å². The summed E-state index contributed by atoms with van der Waals surface area (Å²) in [4.78, 5) is 4.75. The standard InChI is InChI=1S/C7H10N2O.C2H3N/c1-10-9(8)7-5-3-2-4-6-7;1-2-3/h2-6H,8H2,1H3;1H3. The Balaban J connectivity index is 0.000000424. The summed E-state index contributed by atoms with van der Waals surface area (Å²) in [5, 5.41) is 8.53. The predicted octanol–water partition coefficient (Wildman–Crippen LogP) is 1.46. The van der Waals surface area contributed by atoms with E-state index >= 15 is 0 Å². The summed E-state index contributed by atoms with van der Waals surface area (Å²) in [6.07, 6.45) is 0. The van der Waals surface area contributed by atoms with Crippen LogP contribution in [0.5, 0.6) is 0 Å². The van der Waals surface area contributed by atoms with Crippen molar-refractivity contribution in [2.75, 3.05) is 12.3 Å². The zero-order chi connectivity index (χ0) is 10.1. The molecule has 0 radical (unpaired) electrons. The molecular formula is C9H13N3O. The Morgan fingerprint density at radius 3 is 2.23 bits per heavy atom. The zero-order valence-corrected chi connectivity index (χ0v) is 7.77. The van der Waals surface area contributed by atoms with Crippen LogP contribution in [0.15, 0.2) is 30.3 Å². The Morgan fingerprint density at radius 1 is 1.38 bits per heavy atom. The fourth-order valence-electron chi connectivity index (χ4n) is 0.680. The van der Waals surface area contributed by atoms with E-state index in [0.717, 1.165) is 5.69 Å². The number of hydrogen-bond acceptors (Lipinski definition) is 4. The molecule has 0 aliphatic carbocycles. The van der Waals surface area contributed by atoms with Gasteiger partial charge in [-0.05, 0) is 12.1 Å². The summed E-state index contributed by atoms with van der Waals surface area (Å²) in [7, 11) is 1.52. The Kier molecular flexibility index (Phi) is 6.24. The first-order valence-electron chi connectivity index (χ1n) is 3.71. The van der Waals surface area contributed by atoms with Gasteiger partial charge in [0.2, 0.25) is 0 Å². The first-order valence-corrected chi connectivity index (χ1v) is 3.71. The van der Waals surface area contributed by atoms with E-state index in [-0.39, 0.29) is 0 Å². The van der Waals surface area contributed by atoms with Crippen molar-refractivity contribution in [2.24, 2.45) is 5.84 Å². The summed E-state index contributed by atoms with van der Waals surface area (Å²) in [6, 6.07) is 11.2. The molecule has 4 nitrogen and oxygen atoms in total. The van der Waals surface area contributed by atoms with Gasteiger partial charge in [-0.15, -0.1) is 0 Å². The molecule has 70 valence electrons. The van der Waals surface area contributed by atoms with Gasteiger partial charge in [0, 0.05) is 6.92 Å². The summed E-state index contributed by atoms with van der Waals surface area (Å²) in [5.41, 5.74) is 0.838. The fourth-order valence-corrected chi connectivity index (χ4v) is 0.680. The number of para-hydroxylation sites is 1.